The van der Waals surface area contributed by atoms with E-state index in [1.54, 1.807) is 6.08 Å². The van der Waals surface area contributed by atoms with Crippen molar-refractivity contribution in [2.24, 2.45) is 0 Å². The fourth-order valence-electron chi connectivity index (χ4n) is 7.86. The molecule has 7 atom stereocenters. The second-order valence-corrected chi connectivity index (χ2v) is 18.3. The van der Waals surface area contributed by atoms with Crippen molar-refractivity contribution in [3.8, 4) is 0 Å². The van der Waals surface area contributed by atoms with E-state index in [0.29, 0.717) is 6.42 Å². The summed E-state index contributed by atoms with van der Waals surface area (Å²) in [5, 5.41) is 54.3. The third-order valence-electron chi connectivity index (χ3n) is 12.1. The van der Waals surface area contributed by atoms with Gasteiger partial charge in [-0.05, 0) is 89.9 Å². The molecule has 1 aliphatic rings. The fourth-order valence-corrected chi connectivity index (χ4v) is 7.86. The first-order valence-electron chi connectivity index (χ1n) is 27.0. The first-order chi connectivity index (χ1) is 32.8. The number of hydrogen-bond donors (Lipinski definition) is 6. The molecule has 9 nitrogen and oxygen atoms in total. The lowest BCUT2D eigenvalue weighted by Gasteiger charge is -2.40. The van der Waals surface area contributed by atoms with E-state index >= 15 is 0 Å². The highest BCUT2D eigenvalue weighted by atomic mass is 16.7. The standard InChI is InChI=1S/C58H99NO8/c1-3-5-7-9-11-13-15-17-18-19-20-21-22-23-24-25-26-27-28-29-30-31-32-33-34-36-38-40-42-44-46-48-54(62)59-51(50-66-58-57(65)56(64)55(63)53(49-60)67-58)52(61)47-45-43-41-39-37-35-16-14-12-10-8-6-4-2/h5,7,11-14,17-18,20-21,23-24,37,39,45,47,51-53,55-58,60-61,63-65H,3-4,6,8-10,15-16,19,22,25-36,38,40-44,46,48-50H2,1-2H3,(H,59,62)/b7-5-,13-11-,14-12+,18-17-,21-20-,24-23-,39-37+,47-45+. The average molecular weight is 938 g/mol. The molecule has 0 aromatic carbocycles. The molecule has 67 heavy (non-hydrogen) atoms. The number of allylic oxidation sites excluding steroid dienone is 15. The van der Waals surface area contributed by atoms with Crippen molar-refractivity contribution < 1.29 is 39.8 Å². The molecule has 9 heteroatoms. The number of amides is 1. The van der Waals surface area contributed by atoms with E-state index in [1.807, 2.05) is 6.08 Å². The smallest absolute Gasteiger partial charge is 0.220 e. The van der Waals surface area contributed by atoms with E-state index in [9.17, 15) is 30.3 Å². The van der Waals surface area contributed by atoms with Gasteiger partial charge in [-0.1, -0.05) is 207 Å². The van der Waals surface area contributed by atoms with Gasteiger partial charge in [-0.15, -0.1) is 0 Å². The molecule has 1 amide bonds. The Bertz CT molecular complexity index is 1370. The van der Waals surface area contributed by atoms with E-state index in [-0.39, 0.29) is 12.5 Å². The number of aliphatic hydroxyl groups excluding tert-OH is 5. The van der Waals surface area contributed by atoms with Crippen molar-refractivity contribution >= 4 is 5.91 Å². The van der Waals surface area contributed by atoms with Crippen LogP contribution in [0.2, 0.25) is 0 Å². The van der Waals surface area contributed by atoms with Crippen LogP contribution in [0, 0.1) is 0 Å². The predicted molar refractivity (Wildman–Crippen MR) is 281 cm³/mol. The third kappa shape index (κ3) is 36.7. The molecule has 0 saturated carbocycles. The number of carbonyl (C=O) groups is 1. The van der Waals surface area contributed by atoms with Crippen molar-refractivity contribution in [1.82, 2.24) is 5.32 Å². The highest BCUT2D eigenvalue weighted by Gasteiger charge is 2.44. The van der Waals surface area contributed by atoms with Crippen LogP contribution in [0.3, 0.4) is 0 Å². The van der Waals surface area contributed by atoms with Crippen LogP contribution in [0.5, 0.6) is 0 Å². The van der Waals surface area contributed by atoms with Gasteiger partial charge in [0.05, 0.1) is 25.4 Å². The van der Waals surface area contributed by atoms with E-state index < -0.39 is 49.5 Å². The maximum Gasteiger partial charge on any atom is 0.220 e. The summed E-state index contributed by atoms with van der Waals surface area (Å²) in [4.78, 5) is 13.0. The summed E-state index contributed by atoms with van der Waals surface area (Å²) in [6.07, 6.45) is 60.4. The van der Waals surface area contributed by atoms with Crippen molar-refractivity contribution in [3.05, 3.63) is 97.2 Å². The molecule has 0 spiro atoms. The van der Waals surface area contributed by atoms with Gasteiger partial charge in [-0.3, -0.25) is 4.79 Å². The van der Waals surface area contributed by atoms with Crippen LogP contribution in [0.1, 0.15) is 206 Å². The maximum absolute atomic E-state index is 13.0. The van der Waals surface area contributed by atoms with Gasteiger partial charge in [0.1, 0.15) is 24.4 Å². The second-order valence-electron chi connectivity index (χ2n) is 18.3. The Morgan fingerprint density at radius 2 is 0.940 bits per heavy atom. The molecule has 7 unspecified atom stereocenters. The van der Waals surface area contributed by atoms with E-state index in [1.165, 1.54) is 103 Å². The van der Waals surface area contributed by atoms with Gasteiger partial charge in [0.15, 0.2) is 6.29 Å². The van der Waals surface area contributed by atoms with Crippen LogP contribution in [-0.2, 0) is 14.3 Å². The first kappa shape index (κ1) is 62.1. The van der Waals surface area contributed by atoms with E-state index in [4.69, 9.17) is 9.47 Å². The second kappa shape index (κ2) is 46.8. The molecule has 1 aliphatic heterocycles. The molecule has 6 N–H and O–H groups in total. The molecule has 0 radical (unpaired) electrons. The zero-order valence-corrected chi connectivity index (χ0v) is 42.4. The SMILES string of the molecule is CC/C=C\C/C=C\C/C=C\C/C=C\C/C=C\CCCCCCCCCCCCCCCCCC(=O)NC(COC1OC(CO)C(O)C(O)C1O)C(O)/C=C/CC/C=C/CC/C=C/CCCCC. The first-order valence-corrected chi connectivity index (χ1v) is 27.0. The van der Waals surface area contributed by atoms with Crippen LogP contribution in [-0.4, -0.2) is 87.5 Å². The lowest BCUT2D eigenvalue weighted by Crippen LogP contribution is -2.60. The topological polar surface area (TPSA) is 149 Å². The number of nitrogens with one attached hydrogen (secondary N) is 1. The molecular weight excluding hydrogens is 839 g/mol. The summed E-state index contributed by atoms with van der Waals surface area (Å²) in [6, 6.07) is -0.832. The van der Waals surface area contributed by atoms with Gasteiger partial charge in [-0.2, -0.15) is 0 Å². The lowest BCUT2D eigenvalue weighted by atomic mass is 9.99. The lowest BCUT2D eigenvalue weighted by molar-refractivity contribution is -0.302. The number of aliphatic hydroxyl groups is 5. The van der Waals surface area contributed by atoms with Gasteiger partial charge in [-0.25, -0.2) is 0 Å². The summed E-state index contributed by atoms with van der Waals surface area (Å²) in [5.41, 5.74) is 0. The molecule has 1 heterocycles. The van der Waals surface area contributed by atoms with E-state index in [2.05, 4.69) is 104 Å². The number of hydrogen-bond acceptors (Lipinski definition) is 8. The molecule has 1 fully saturated rings. The molecule has 0 bridgehead atoms. The van der Waals surface area contributed by atoms with Crippen LogP contribution < -0.4 is 5.32 Å². The van der Waals surface area contributed by atoms with Crippen LogP contribution in [0.15, 0.2) is 97.2 Å². The van der Waals surface area contributed by atoms with Crippen molar-refractivity contribution in [2.75, 3.05) is 13.2 Å². The summed E-state index contributed by atoms with van der Waals surface area (Å²) < 4.78 is 11.2. The Labute approximate surface area is 409 Å². The minimum absolute atomic E-state index is 0.196. The Morgan fingerprint density at radius 1 is 0.522 bits per heavy atom. The van der Waals surface area contributed by atoms with Crippen LogP contribution >= 0.6 is 0 Å². The summed E-state index contributed by atoms with van der Waals surface area (Å²) in [6.45, 7) is 3.59. The molecular formula is C58H99NO8. The third-order valence-corrected chi connectivity index (χ3v) is 12.1. The molecule has 1 saturated heterocycles. The van der Waals surface area contributed by atoms with Gasteiger partial charge in [0.25, 0.3) is 0 Å². The van der Waals surface area contributed by atoms with Crippen LogP contribution in [0.25, 0.3) is 0 Å². The number of unbranched alkanes of at least 4 members (excludes halogenated alkanes) is 20. The van der Waals surface area contributed by atoms with Gasteiger partial charge < -0.3 is 40.3 Å². The summed E-state index contributed by atoms with van der Waals surface area (Å²) in [5.74, 6) is -0.196. The molecule has 384 valence electrons. The average Bonchev–Trinajstić information content (AvgIpc) is 3.33. The van der Waals surface area contributed by atoms with Gasteiger partial charge >= 0.3 is 0 Å². The minimum atomic E-state index is -1.58. The highest BCUT2D eigenvalue weighted by Crippen LogP contribution is 2.23. The zero-order chi connectivity index (χ0) is 48.7. The monoisotopic (exact) mass is 938 g/mol. The highest BCUT2D eigenvalue weighted by molar-refractivity contribution is 5.76. The minimum Gasteiger partial charge on any atom is -0.394 e. The van der Waals surface area contributed by atoms with Crippen molar-refractivity contribution in [2.45, 2.75) is 249 Å². The Kier molecular flexibility index (Phi) is 43.4. The Hall–Kier alpha value is -2.89. The molecule has 1 rings (SSSR count). The quantitative estimate of drug-likeness (QED) is 0.0261. The van der Waals surface area contributed by atoms with Gasteiger partial charge in [0.2, 0.25) is 5.91 Å². The van der Waals surface area contributed by atoms with E-state index in [0.717, 1.165) is 83.5 Å². The Morgan fingerprint density at radius 3 is 1.43 bits per heavy atom. The zero-order valence-electron chi connectivity index (χ0n) is 42.4. The van der Waals surface area contributed by atoms with Crippen LogP contribution in [0.4, 0.5) is 0 Å². The number of carbonyl (C=O) groups excluding carboxylic acids is 1. The Balaban J connectivity index is 2.19. The number of ether oxygens (including phenoxy) is 2. The van der Waals surface area contributed by atoms with Gasteiger partial charge in [0, 0.05) is 6.42 Å². The normalized spacial score (nSPS) is 20.5. The maximum atomic E-state index is 13.0. The predicted octanol–water partition coefficient (Wildman–Crippen LogP) is 12.8. The molecule has 0 aromatic rings. The largest absolute Gasteiger partial charge is 0.394 e. The van der Waals surface area contributed by atoms with Crippen molar-refractivity contribution in [3.63, 3.8) is 0 Å². The molecule has 0 aromatic heterocycles. The molecule has 0 aliphatic carbocycles. The summed E-state index contributed by atoms with van der Waals surface area (Å²) in [7, 11) is 0. The number of rotatable bonds is 44. The fraction of sp³-hybridized carbons (Fsp3) is 0.707. The van der Waals surface area contributed by atoms with Crippen molar-refractivity contribution in [1.29, 1.82) is 0 Å². The summed E-state index contributed by atoms with van der Waals surface area (Å²) >= 11 is 0.